The molecule has 0 fully saturated rings. The van der Waals surface area contributed by atoms with E-state index in [1.165, 1.54) is 18.2 Å². The fourth-order valence-electron chi connectivity index (χ4n) is 0.717. The van der Waals surface area contributed by atoms with E-state index in [1.54, 1.807) is 0 Å². The van der Waals surface area contributed by atoms with E-state index in [9.17, 15) is 8.78 Å². The molecule has 0 radical (unpaired) electrons. The summed E-state index contributed by atoms with van der Waals surface area (Å²) in [6.45, 7) is 0. The van der Waals surface area contributed by atoms with Gasteiger partial charge in [0, 0.05) is 11.1 Å². The third kappa shape index (κ3) is 1.77. The lowest BCUT2D eigenvalue weighted by molar-refractivity contribution is 0.507. The van der Waals surface area contributed by atoms with Crippen LogP contribution in [-0.4, -0.2) is 0 Å². The van der Waals surface area contributed by atoms with Gasteiger partial charge in [-0.25, -0.2) is 8.78 Å². The largest absolute Gasteiger partial charge is 0.204 e. The molecule has 0 unspecified atom stereocenters. The minimum atomic E-state index is -0.871. The Labute approximate surface area is 68.1 Å². The minimum absolute atomic E-state index is 0.153. The summed E-state index contributed by atoms with van der Waals surface area (Å²) in [5.74, 6) is -1.73. The maximum absolute atomic E-state index is 12.7. The standard InChI is InChI=1S/C8H5ClF2/c9-5-4-6-2-1-3-7(10)8(6)11/h1-5H. The van der Waals surface area contributed by atoms with Crippen molar-refractivity contribution in [2.75, 3.05) is 0 Å². The van der Waals surface area contributed by atoms with Gasteiger partial charge < -0.3 is 0 Å². The zero-order valence-corrected chi connectivity index (χ0v) is 6.28. The Morgan fingerprint density at radius 1 is 1.27 bits per heavy atom. The zero-order valence-electron chi connectivity index (χ0n) is 5.52. The lowest BCUT2D eigenvalue weighted by atomic mass is 10.2. The molecule has 0 bridgehead atoms. The predicted octanol–water partition coefficient (Wildman–Crippen LogP) is 3.17. The third-order valence-corrected chi connectivity index (χ3v) is 1.35. The fourth-order valence-corrected chi connectivity index (χ4v) is 0.853. The Kier molecular flexibility index (Phi) is 2.60. The van der Waals surface area contributed by atoms with Crippen LogP contribution in [0.3, 0.4) is 0 Å². The molecule has 0 N–H and O–H groups in total. The molecule has 0 aliphatic heterocycles. The molecule has 0 aliphatic rings. The van der Waals surface area contributed by atoms with Crippen molar-refractivity contribution in [1.82, 2.24) is 0 Å². The Hall–Kier alpha value is -0.890. The summed E-state index contributed by atoms with van der Waals surface area (Å²) < 4.78 is 25.2. The first-order chi connectivity index (χ1) is 5.25. The van der Waals surface area contributed by atoms with Crippen LogP contribution in [0.25, 0.3) is 6.08 Å². The molecule has 0 saturated heterocycles. The molecule has 0 heterocycles. The van der Waals surface area contributed by atoms with Gasteiger partial charge in [0.2, 0.25) is 0 Å². The first-order valence-corrected chi connectivity index (χ1v) is 3.40. The highest BCUT2D eigenvalue weighted by Crippen LogP contribution is 2.12. The van der Waals surface area contributed by atoms with Crippen molar-refractivity contribution >= 4 is 17.7 Å². The molecule has 0 atom stereocenters. The Balaban J connectivity index is 3.16. The number of rotatable bonds is 1. The summed E-state index contributed by atoms with van der Waals surface area (Å²) in [7, 11) is 0. The van der Waals surface area contributed by atoms with E-state index >= 15 is 0 Å². The van der Waals surface area contributed by atoms with Crippen LogP contribution >= 0.6 is 11.6 Å². The highest BCUT2D eigenvalue weighted by atomic mass is 35.5. The molecular weight excluding hydrogens is 170 g/mol. The van der Waals surface area contributed by atoms with Crippen LogP contribution in [-0.2, 0) is 0 Å². The molecule has 0 aliphatic carbocycles. The van der Waals surface area contributed by atoms with Gasteiger partial charge in [0.25, 0.3) is 0 Å². The molecule has 1 aromatic carbocycles. The molecule has 0 nitrogen and oxygen atoms in total. The zero-order chi connectivity index (χ0) is 8.27. The highest BCUT2D eigenvalue weighted by molar-refractivity contribution is 6.27. The summed E-state index contributed by atoms with van der Waals surface area (Å²) in [5.41, 5.74) is 1.29. The van der Waals surface area contributed by atoms with Crippen molar-refractivity contribution in [2.45, 2.75) is 0 Å². The molecule has 0 spiro atoms. The summed E-state index contributed by atoms with van der Waals surface area (Å²) in [6.07, 6.45) is 1.29. The van der Waals surface area contributed by atoms with Gasteiger partial charge in [-0.15, -0.1) is 0 Å². The quantitative estimate of drug-likeness (QED) is 0.614. The SMILES string of the molecule is Fc1cccc(C=CCl)c1F. The maximum Gasteiger partial charge on any atom is 0.166 e. The van der Waals surface area contributed by atoms with E-state index in [1.807, 2.05) is 0 Å². The number of halogens is 3. The van der Waals surface area contributed by atoms with Crippen molar-refractivity contribution in [2.24, 2.45) is 0 Å². The third-order valence-electron chi connectivity index (χ3n) is 1.22. The lowest BCUT2D eigenvalue weighted by Crippen LogP contribution is -1.86. The van der Waals surface area contributed by atoms with Gasteiger partial charge in [-0.1, -0.05) is 23.7 Å². The van der Waals surface area contributed by atoms with E-state index in [4.69, 9.17) is 11.6 Å². The molecular formula is C8H5ClF2. The smallest absolute Gasteiger partial charge is 0.166 e. The first kappa shape index (κ1) is 8.21. The molecule has 0 saturated carbocycles. The average Bonchev–Trinajstić information content (AvgIpc) is 1.99. The van der Waals surface area contributed by atoms with Crippen molar-refractivity contribution in [3.8, 4) is 0 Å². The van der Waals surface area contributed by atoms with Crippen LogP contribution in [0.4, 0.5) is 8.78 Å². The summed E-state index contributed by atoms with van der Waals surface area (Å²) in [5, 5.41) is 0. The van der Waals surface area contributed by atoms with Crippen LogP contribution < -0.4 is 0 Å². The minimum Gasteiger partial charge on any atom is -0.204 e. The Bertz CT molecular complexity index is 281. The van der Waals surface area contributed by atoms with Gasteiger partial charge in [0.05, 0.1) is 0 Å². The van der Waals surface area contributed by atoms with Gasteiger partial charge in [0.15, 0.2) is 11.6 Å². The molecule has 0 aromatic heterocycles. The second-order valence-electron chi connectivity index (χ2n) is 1.94. The summed E-state index contributed by atoms with van der Waals surface area (Å²) >= 11 is 5.19. The van der Waals surface area contributed by atoms with Crippen LogP contribution in [0.15, 0.2) is 23.7 Å². The molecule has 11 heavy (non-hydrogen) atoms. The second kappa shape index (κ2) is 3.49. The monoisotopic (exact) mass is 174 g/mol. The maximum atomic E-state index is 12.7. The number of hydrogen-bond donors (Lipinski definition) is 0. The summed E-state index contributed by atoms with van der Waals surface area (Å²) in [6, 6.07) is 3.92. The van der Waals surface area contributed by atoms with Gasteiger partial charge in [-0.3, -0.25) is 0 Å². The van der Waals surface area contributed by atoms with Crippen LogP contribution in [0.2, 0.25) is 0 Å². The van der Waals surface area contributed by atoms with Crippen molar-refractivity contribution in [3.63, 3.8) is 0 Å². The van der Waals surface area contributed by atoms with Gasteiger partial charge in [-0.05, 0) is 12.1 Å². The molecule has 3 heteroatoms. The summed E-state index contributed by atoms with van der Waals surface area (Å²) in [4.78, 5) is 0. The first-order valence-electron chi connectivity index (χ1n) is 2.96. The van der Waals surface area contributed by atoms with E-state index in [0.29, 0.717) is 0 Å². The van der Waals surface area contributed by atoms with E-state index in [-0.39, 0.29) is 5.56 Å². The average molecular weight is 175 g/mol. The van der Waals surface area contributed by atoms with Crippen molar-refractivity contribution in [3.05, 3.63) is 40.9 Å². The number of benzene rings is 1. The molecule has 0 amide bonds. The second-order valence-corrected chi connectivity index (χ2v) is 2.19. The van der Waals surface area contributed by atoms with Gasteiger partial charge >= 0.3 is 0 Å². The molecule has 58 valence electrons. The number of hydrogen-bond acceptors (Lipinski definition) is 0. The topological polar surface area (TPSA) is 0 Å². The Morgan fingerprint density at radius 3 is 2.64 bits per heavy atom. The molecule has 1 rings (SSSR count). The van der Waals surface area contributed by atoms with Gasteiger partial charge in [-0.2, -0.15) is 0 Å². The van der Waals surface area contributed by atoms with Gasteiger partial charge in [0.1, 0.15) is 0 Å². The molecule has 1 aromatic rings. The van der Waals surface area contributed by atoms with E-state index in [0.717, 1.165) is 11.6 Å². The Morgan fingerprint density at radius 2 is 2.00 bits per heavy atom. The van der Waals surface area contributed by atoms with Crippen LogP contribution in [0, 0.1) is 11.6 Å². The van der Waals surface area contributed by atoms with Crippen molar-refractivity contribution < 1.29 is 8.78 Å². The van der Waals surface area contributed by atoms with Crippen LogP contribution in [0.5, 0.6) is 0 Å². The van der Waals surface area contributed by atoms with Crippen LogP contribution in [0.1, 0.15) is 5.56 Å². The van der Waals surface area contributed by atoms with E-state index < -0.39 is 11.6 Å². The fraction of sp³-hybridized carbons (Fsp3) is 0. The highest BCUT2D eigenvalue weighted by Gasteiger charge is 2.03. The van der Waals surface area contributed by atoms with E-state index in [2.05, 4.69) is 0 Å². The normalized spacial score (nSPS) is 10.8. The lowest BCUT2D eigenvalue weighted by Gasteiger charge is -1.95. The predicted molar refractivity (Wildman–Crippen MR) is 41.2 cm³/mol. The van der Waals surface area contributed by atoms with Crippen molar-refractivity contribution in [1.29, 1.82) is 0 Å².